The highest BCUT2D eigenvalue weighted by molar-refractivity contribution is 5.75. The number of hydrogen-bond acceptors (Lipinski definition) is 4. The minimum atomic E-state index is -0.00994. The number of carbonyl (C=O) groups excluding carboxylic acids is 1. The maximum absolute atomic E-state index is 11.2. The molecule has 0 aliphatic carbocycles. The van der Waals surface area contributed by atoms with Crippen LogP contribution < -0.4 is 15.4 Å². The predicted molar refractivity (Wildman–Crippen MR) is 83.7 cm³/mol. The predicted octanol–water partition coefficient (Wildman–Crippen LogP) is 1.55. The summed E-state index contributed by atoms with van der Waals surface area (Å²) in [5.74, 6) is 0.865. The highest BCUT2D eigenvalue weighted by Crippen LogP contribution is 2.25. The first-order valence-corrected chi connectivity index (χ1v) is 7.21. The fraction of sp³-hybridized carbons (Fsp3) is 0.562. The summed E-state index contributed by atoms with van der Waals surface area (Å²) in [6, 6.07) is 4.23. The second kappa shape index (κ2) is 9.37. The molecule has 1 rings (SSSR count). The van der Waals surface area contributed by atoms with Crippen LogP contribution in [0.15, 0.2) is 12.1 Å². The average molecular weight is 294 g/mol. The molecule has 5 nitrogen and oxygen atoms in total. The van der Waals surface area contributed by atoms with E-state index in [-0.39, 0.29) is 5.91 Å². The number of rotatable bonds is 9. The van der Waals surface area contributed by atoms with Gasteiger partial charge in [0.25, 0.3) is 0 Å². The van der Waals surface area contributed by atoms with Gasteiger partial charge < -0.3 is 20.1 Å². The lowest BCUT2D eigenvalue weighted by atomic mass is 10.1. The molecule has 0 fully saturated rings. The Bertz CT molecular complexity index is 438. The van der Waals surface area contributed by atoms with E-state index in [9.17, 15) is 4.79 Å². The van der Waals surface area contributed by atoms with Crippen molar-refractivity contribution in [3.05, 3.63) is 28.8 Å². The van der Waals surface area contributed by atoms with Crippen LogP contribution in [0, 0.1) is 13.8 Å². The Morgan fingerprint density at radius 3 is 2.43 bits per heavy atom. The molecule has 2 N–H and O–H groups in total. The molecule has 0 aliphatic heterocycles. The van der Waals surface area contributed by atoms with Gasteiger partial charge in [-0.3, -0.25) is 4.79 Å². The summed E-state index contributed by atoms with van der Waals surface area (Å²) in [4.78, 5) is 11.2. The van der Waals surface area contributed by atoms with E-state index in [4.69, 9.17) is 9.47 Å². The Balaban J connectivity index is 2.56. The molecular weight excluding hydrogens is 268 g/mol. The molecule has 0 radical (unpaired) electrons. The zero-order valence-electron chi connectivity index (χ0n) is 13.4. The van der Waals surface area contributed by atoms with Gasteiger partial charge in [0.05, 0.1) is 19.6 Å². The first-order chi connectivity index (χ1) is 10.1. The number of carbonyl (C=O) groups is 1. The maximum atomic E-state index is 11.2. The zero-order chi connectivity index (χ0) is 15.7. The highest BCUT2D eigenvalue weighted by atomic mass is 16.5. The minimum absolute atomic E-state index is 0.00994. The van der Waals surface area contributed by atoms with E-state index in [0.717, 1.165) is 30.0 Å². The largest absolute Gasteiger partial charge is 0.493 e. The molecule has 0 aliphatic rings. The lowest BCUT2D eigenvalue weighted by molar-refractivity contribution is -0.121. The molecule has 118 valence electrons. The minimum Gasteiger partial charge on any atom is -0.493 e. The molecule has 0 aromatic heterocycles. The Morgan fingerprint density at radius 1 is 1.19 bits per heavy atom. The lowest BCUT2D eigenvalue weighted by Crippen LogP contribution is -2.20. The van der Waals surface area contributed by atoms with Crippen LogP contribution in [0.1, 0.15) is 23.1 Å². The van der Waals surface area contributed by atoms with Gasteiger partial charge in [-0.15, -0.1) is 0 Å². The quantitative estimate of drug-likeness (QED) is 0.679. The van der Waals surface area contributed by atoms with Crippen LogP contribution in [0.5, 0.6) is 5.75 Å². The first kappa shape index (κ1) is 17.5. The van der Waals surface area contributed by atoms with Crippen LogP contribution in [0.25, 0.3) is 0 Å². The van der Waals surface area contributed by atoms with Crippen molar-refractivity contribution in [2.24, 2.45) is 0 Å². The molecular formula is C16H26N2O3. The van der Waals surface area contributed by atoms with Gasteiger partial charge in [0.2, 0.25) is 5.91 Å². The average Bonchev–Trinajstić information content (AvgIpc) is 2.46. The molecule has 1 amide bonds. The van der Waals surface area contributed by atoms with Crippen molar-refractivity contribution in [1.82, 2.24) is 10.6 Å². The highest BCUT2D eigenvalue weighted by Gasteiger charge is 2.07. The molecule has 0 spiro atoms. The van der Waals surface area contributed by atoms with E-state index in [0.29, 0.717) is 19.6 Å². The molecule has 0 atom stereocenters. The van der Waals surface area contributed by atoms with Crippen molar-refractivity contribution < 1.29 is 14.3 Å². The Labute approximate surface area is 127 Å². The smallest absolute Gasteiger partial charge is 0.223 e. The van der Waals surface area contributed by atoms with Gasteiger partial charge in [0.1, 0.15) is 5.75 Å². The van der Waals surface area contributed by atoms with Crippen LogP contribution in [-0.4, -0.2) is 39.8 Å². The summed E-state index contributed by atoms with van der Waals surface area (Å²) in [5, 5.41) is 5.91. The van der Waals surface area contributed by atoms with Crippen molar-refractivity contribution in [1.29, 1.82) is 0 Å². The van der Waals surface area contributed by atoms with Gasteiger partial charge >= 0.3 is 0 Å². The molecule has 5 heteroatoms. The SMILES string of the molecule is CNC(=O)CCOc1c(C)cc(CNCCOC)cc1C. The number of hydrogen-bond donors (Lipinski definition) is 2. The van der Waals surface area contributed by atoms with Gasteiger partial charge in [-0.05, 0) is 30.5 Å². The third kappa shape index (κ3) is 6.14. The van der Waals surface area contributed by atoms with Crippen LogP contribution in [0.2, 0.25) is 0 Å². The summed E-state index contributed by atoms with van der Waals surface area (Å²) in [7, 11) is 3.32. The second-order valence-corrected chi connectivity index (χ2v) is 5.00. The monoisotopic (exact) mass is 294 g/mol. The Morgan fingerprint density at radius 2 is 1.86 bits per heavy atom. The van der Waals surface area contributed by atoms with E-state index in [1.165, 1.54) is 5.56 Å². The van der Waals surface area contributed by atoms with Crippen molar-refractivity contribution >= 4 is 5.91 Å². The van der Waals surface area contributed by atoms with Crippen LogP contribution >= 0.6 is 0 Å². The van der Waals surface area contributed by atoms with Gasteiger partial charge in [-0.1, -0.05) is 12.1 Å². The molecule has 0 bridgehead atoms. The number of methoxy groups -OCH3 is 1. The first-order valence-electron chi connectivity index (χ1n) is 7.21. The maximum Gasteiger partial charge on any atom is 0.223 e. The second-order valence-electron chi connectivity index (χ2n) is 5.00. The third-order valence-corrected chi connectivity index (χ3v) is 3.19. The van der Waals surface area contributed by atoms with Crippen molar-refractivity contribution in [3.63, 3.8) is 0 Å². The number of benzene rings is 1. The van der Waals surface area contributed by atoms with E-state index >= 15 is 0 Å². The number of nitrogens with one attached hydrogen (secondary N) is 2. The Hall–Kier alpha value is -1.59. The standard InChI is InChI=1S/C16H26N2O3/c1-12-9-14(11-18-6-8-20-4)10-13(2)16(12)21-7-5-15(19)17-3/h9-10,18H,5-8,11H2,1-4H3,(H,17,19). The lowest BCUT2D eigenvalue weighted by Gasteiger charge is -2.14. The molecule has 21 heavy (non-hydrogen) atoms. The number of aryl methyl sites for hydroxylation is 2. The van der Waals surface area contributed by atoms with Crippen LogP contribution in [0.4, 0.5) is 0 Å². The van der Waals surface area contributed by atoms with E-state index < -0.39 is 0 Å². The summed E-state index contributed by atoms with van der Waals surface area (Å²) in [5.41, 5.74) is 3.41. The van der Waals surface area contributed by atoms with Gasteiger partial charge in [0, 0.05) is 27.2 Å². The van der Waals surface area contributed by atoms with Crippen molar-refractivity contribution in [2.75, 3.05) is 33.9 Å². The molecule has 0 heterocycles. The topological polar surface area (TPSA) is 59.6 Å². The molecule has 0 unspecified atom stereocenters. The third-order valence-electron chi connectivity index (χ3n) is 3.19. The van der Waals surface area contributed by atoms with E-state index in [2.05, 4.69) is 22.8 Å². The fourth-order valence-electron chi connectivity index (χ4n) is 2.15. The van der Waals surface area contributed by atoms with Gasteiger partial charge in [0.15, 0.2) is 0 Å². The molecule has 1 aromatic rings. The van der Waals surface area contributed by atoms with Gasteiger partial charge in [-0.2, -0.15) is 0 Å². The molecule has 0 saturated heterocycles. The normalized spacial score (nSPS) is 10.5. The fourth-order valence-corrected chi connectivity index (χ4v) is 2.15. The Kier molecular flexibility index (Phi) is 7.79. The van der Waals surface area contributed by atoms with Gasteiger partial charge in [-0.25, -0.2) is 0 Å². The summed E-state index contributed by atoms with van der Waals surface area (Å²) >= 11 is 0. The van der Waals surface area contributed by atoms with E-state index in [1.54, 1.807) is 14.2 Å². The van der Waals surface area contributed by atoms with Crippen LogP contribution in [-0.2, 0) is 16.1 Å². The molecule has 0 saturated carbocycles. The van der Waals surface area contributed by atoms with Crippen molar-refractivity contribution in [3.8, 4) is 5.75 Å². The number of amides is 1. The molecule has 1 aromatic carbocycles. The van der Waals surface area contributed by atoms with Crippen molar-refractivity contribution in [2.45, 2.75) is 26.8 Å². The van der Waals surface area contributed by atoms with E-state index in [1.807, 2.05) is 13.8 Å². The summed E-state index contributed by atoms with van der Waals surface area (Å²) in [6.07, 6.45) is 0.371. The summed E-state index contributed by atoms with van der Waals surface area (Å²) < 4.78 is 10.7. The zero-order valence-corrected chi connectivity index (χ0v) is 13.4. The number of ether oxygens (including phenoxy) is 2. The van der Waals surface area contributed by atoms with Crippen LogP contribution in [0.3, 0.4) is 0 Å². The summed E-state index contributed by atoms with van der Waals surface area (Å²) in [6.45, 7) is 6.80.